The monoisotopic (exact) mass is 434 g/mol. The van der Waals surface area contributed by atoms with Gasteiger partial charge in [-0.25, -0.2) is 0 Å². The van der Waals surface area contributed by atoms with E-state index in [4.69, 9.17) is 0 Å². The van der Waals surface area contributed by atoms with Crippen LogP contribution in [-0.4, -0.2) is 11.0 Å². The van der Waals surface area contributed by atoms with Gasteiger partial charge in [-0.1, -0.05) is 65.0 Å². The molecule has 0 aromatic heterocycles. The van der Waals surface area contributed by atoms with Crippen molar-refractivity contribution in [3.05, 3.63) is 99.1 Å². The van der Waals surface area contributed by atoms with Gasteiger partial charge in [0.05, 0.1) is 0 Å². The van der Waals surface area contributed by atoms with Crippen LogP contribution in [0.1, 0.15) is 54.1 Å². The van der Waals surface area contributed by atoms with Gasteiger partial charge in [0.1, 0.15) is 7.12 Å². The van der Waals surface area contributed by atoms with Crippen LogP contribution in [0, 0.1) is 41.5 Å². The number of benzene rings is 3. The maximum Gasteiger partial charge on any atom is 0.203 e. The van der Waals surface area contributed by atoms with Crippen molar-refractivity contribution >= 4 is 29.6 Å². The molecule has 0 aliphatic heterocycles. The van der Waals surface area contributed by atoms with Gasteiger partial charge in [0.2, 0.25) is 11.0 Å². The zero-order chi connectivity index (χ0) is 22.0. The first-order valence-corrected chi connectivity index (χ1v) is 12.7. The minimum atomic E-state index is -1.66. The summed E-state index contributed by atoms with van der Waals surface area (Å²) in [7, 11) is -1.66. The van der Waals surface area contributed by atoms with E-state index in [1.807, 2.05) is 96.1 Å². The van der Waals surface area contributed by atoms with Gasteiger partial charge in [0.25, 0.3) is 0 Å². The second-order valence-corrected chi connectivity index (χ2v) is 11.6. The molecule has 2 nitrogen and oxygen atoms in total. The van der Waals surface area contributed by atoms with E-state index in [9.17, 15) is 9.59 Å². The van der Waals surface area contributed by atoms with Crippen molar-refractivity contribution in [3.63, 3.8) is 0 Å². The molecule has 0 amide bonds. The fourth-order valence-corrected chi connectivity index (χ4v) is 7.99. The maximum absolute atomic E-state index is 13.8. The minimum Gasteiger partial charge on any atom is -0.288 e. The quantitative estimate of drug-likeness (QED) is 0.373. The van der Waals surface area contributed by atoms with Crippen molar-refractivity contribution < 1.29 is 9.59 Å². The molecule has 0 atom stereocenters. The third-order valence-electron chi connectivity index (χ3n) is 5.09. The van der Waals surface area contributed by atoms with Crippen LogP contribution in [0.4, 0.5) is 0 Å². The highest BCUT2D eigenvalue weighted by molar-refractivity contribution is 8.65. The average molecular weight is 435 g/mol. The van der Waals surface area contributed by atoms with Crippen LogP contribution in [-0.2, 0) is 0 Å². The standard InChI is InChI=1S/C26H27O2PS/c1-16-12-18(3)23(19(4)13-16)25(27)29(30-22-10-8-7-9-11-22)26(28)24-20(5)14-17(2)15-21(24)6/h7-15H,1-6H3. The Morgan fingerprint density at radius 3 is 1.37 bits per heavy atom. The molecule has 3 aromatic rings. The Morgan fingerprint density at radius 1 is 0.633 bits per heavy atom. The summed E-state index contributed by atoms with van der Waals surface area (Å²) in [5.74, 6) is 0. The molecule has 0 aliphatic carbocycles. The molecule has 3 aromatic carbocycles. The normalized spacial score (nSPS) is 11.0. The van der Waals surface area contributed by atoms with Gasteiger partial charge < -0.3 is 0 Å². The highest BCUT2D eigenvalue weighted by Crippen LogP contribution is 2.59. The van der Waals surface area contributed by atoms with Crippen molar-refractivity contribution in [2.45, 2.75) is 46.4 Å². The number of aryl methyl sites for hydroxylation is 6. The van der Waals surface area contributed by atoms with E-state index in [1.54, 1.807) is 0 Å². The van der Waals surface area contributed by atoms with Gasteiger partial charge in [0.15, 0.2) is 0 Å². The van der Waals surface area contributed by atoms with Crippen molar-refractivity contribution in [3.8, 4) is 0 Å². The van der Waals surface area contributed by atoms with Crippen LogP contribution >= 0.6 is 18.5 Å². The van der Waals surface area contributed by atoms with Crippen LogP contribution in [0.2, 0.25) is 0 Å². The lowest BCUT2D eigenvalue weighted by Crippen LogP contribution is -2.10. The Hall–Kier alpha value is -2.22. The average Bonchev–Trinajstić information content (AvgIpc) is 2.65. The molecular formula is C26H27O2PS. The van der Waals surface area contributed by atoms with E-state index < -0.39 is 7.12 Å². The second-order valence-electron chi connectivity index (χ2n) is 7.86. The zero-order valence-electron chi connectivity index (χ0n) is 18.4. The predicted octanol–water partition coefficient (Wildman–Crippen LogP) is 7.71. The van der Waals surface area contributed by atoms with Crippen molar-refractivity contribution in [2.75, 3.05) is 0 Å². The molecule has 0 aliphatic rings. The van der Waals surface area contributed by atoms with Crippen LogP contribution in [0.25, 0.3) is 0 Å². The molecule has 0 N–H and O–H groups in total. The van der Waals surface area contributed by atoms with E-state index in [2.05, 4.69) is 0 Å². The lowest BCUT2D eigenvalue weighted by Gasteiger charge is -2.20. The molecule has 0 saturated heterocycles. The molecule has 30 heavy (non-hydrogen) atoms. The number of rotatable bonds is 6. The Labute approximate surface area is 184 Å². The molecule has 0 heterocycles. The molecule has 0 fully saturated rings. The predicted molar refractivity (Wildman–Crippen MR) is 129 cm³/mol. The molecule has 0 spiro atoms. The van der Waals surface area contributed by atoms with Crippen molar-refractivity contribution in [1.82, 2.24) is 0 Å². The van der Waals surface area contributed by atoms with E-state index in [-0.39, 0.29) is 11.0 Å². The van der Waals surface area contributed by atoms with E-state index in [0.29, 0.717) is 11.1 Å². The van der Waals surface area contributed by atoms with Crippen LogP contribution in [0.15, 0.2) is 59.5 Å². The molecule has 0 unspecified atom stereocenters. The molecular weight excluding hydrogens is 407 g/mol. The smallest absolute Gasteiger partial charge is 0.203 e. The van der Waals surface area contributed by atoms with E-state index in [0.717, 1.165) is 38.3 Å². The van der Waals surface area contributed by atoms with Gasteiger partial charge in [0, 0.05) is 16.0 Å². The summed E-state index contributed by atoms with van der Waals surface area (Å²) >= 11 is 1.40. The summed E-state index contributed by atoms with van der Waals surface area (Å²) in [6.07, 6.45) is 0. The van der Waals surface area contributed by atoms with Gasteiger partial charge >= 0.3 is 0 Å². The molecule has 154 valence electrons. The van der Waals surface area contributed by atoms with Crippen LogP contribution in [0.3, 0.4) is 0 Å². The highest BCUT2D eigenvalue weighted by atomic mass is 32.7. The van der Waals surface area contributed by atoms with Crippen molar-refractivity contribution in [2.24, 2.45) is 0 Å². The lowest BCUT2D eigenvalue weighted by atomic mass is 10.0. The second kappa shape index (κ2) is 9.29. The third-order valence-corrected chi connectivity index (χ3v) is 9.12. The molecule has 0 bridgehead atoms. The van der Waals surface area contributed by atoms with E-state index >= 15 is 0 Å². The number of carbonyl (C=O) groups excluding carboxylic acids is 2. The highest BCUT2D eigenvalue weighted by Gasteiger charge is 2.33. The summed E-state index contributed by atoms with van der Waals surface area (Å²) in [5.41, 5.74) is 7.24. The fraction of sp³-hybridized carbons (Fsp3) is 0.231. The van der Waals surface area contributed by atoms with Crippen LogP contribution < -0.4 is 0 Å². The number of hydrogen-bond acceptors (Lipinski definition) is 3. The summed E-state index contributed by atoms with van der Waals surface area (Å²) in [6.45, 7) is 11.9. The Morgan fingerprint density at radius 2 is 1.00 bits per heavy atom. The summed E-state index contributed by atoms with van der Waals surface area (Å²) < 4.78 is 0. The third kappa shape index (κ3) is 4.74. The first kappa shape index (κ1) is 22.5. The van der Waals surface area contributed by atoms with Gasteiger partial charge in [-0.2, -0.15) is 0 Å². The molecule has 0 radical (unpaired) electrons. The minimum absolute atomic E-state index is 0.0572. The maximum atomic E-state index is 13.8. The fourth-order valence-electron chi connectivity index (χ4n) is 4.00. The lowest BCUT2D eigenvalue weighted by molar-refractivity contribution is 0.105. The van der Waals surface area contributed by atoms with Gasteiger partial charge in [-0.3, -0.25) is 9.59 Å². The molecule has 3 rings (SSSR count). The Balaban J connectivity index is 2.12. The van der Waals surface area contributed by atoms with Gasteiger partial charge in [-0.05, 0) is 75.9 Å². The van der Waals surface area contributed by atoms with Gasteiger partial charge in [-0.15, -0.1) is 0 Å². The first-order valence-electron chi connectivity index (χ1n) is 9.96. The van der Waals surface area contributed by atoms with Crippen LogP contribution in [0.5, 0.6) is 0 Å². The Kier molecular flexibility index (Phi) is 6.95. The van der Waals surface area contributed by atoms with Crippen molar-refractivity contribution in [1.29, 1.82) is 0 Å². The zero-order valence-corrected chi connectivity index (χ0v) is 20.1. The number of carbonyl (C=O) groups is 2. The summed E-state index contributed by atoms with van der Waals surface area (Å²) in [4.78, 5) is 28.5. The SMILES string of the molecule is Cc1cc(C)c(C(=O)P(Sc2ccccc2)C(=O)c2c(C)cc(C)cc2C)c(C)c1. The van der Waals surface area contributed by atoms with E-state index in [1.165, 1.54) is 11.4 Å². The first-order chi connectivity index (χ1) is 14.2. The Bertz CT molecular complexity index is 1000. The summed E-state index contributed by atoms with van der Waals surface area (Å²) in [6, 6.07) is 17.8. The topological polar surface area (TPSA) is 34.1 Å². The molecule has 0 saturated carbocycles. The summed E-state index contributed by atoms with van der Waals surface area (Å²) in [5, 5.41) is 0. The molecule has 4 heteroatoms. The largest absolute Gasteiger partial charge is 0.288 e. The number of hydrogen-bond donors (Lipinski definition) is 0.